The van der Waals surface area contributed by atoms with Gasteiger partial charge in [-0.25, -0.2) is 0 Å². The summed E-state index contributed by atoms with van der Waals surface area (Å²) >= 11 is 9.61. The Morgan fingerprint density at radius 1 is 1.26 bits per heavy atom. The van der Waals surface area contributed by atoms with Gasteiger partial charge in [0, 0.05) is 10.0 Å². The van der Waals surface area contributed by atoms with Gasteiger partial charge in [-0.2, -0.15) is 0 Å². The summed E-state index contributed by atoms with van der Waals surface area (Å²) in [6.07, 6.45) is 0. The van der Waals surface area contributed by atoms with E-state index in [2.05, 4.69) is 35.1 Å². The van der Waals surface area contributed by atoms with Gasteiger partial charge in [0.2, 0.25) is 0 Å². The quantitative estimate of drug-likeness (QED) is 0.817. The van der Waals surface area contributed by atoms with Crippen molar-refractivity contribution in [3.63, 3.8) is 0 Å². The third kappa shape index (κ3) is 4.10. The van der Waals surface area contributed by atoms with E-state index in [1.807, 2.05) is 30.3 Å². The van der Waals surface area contributed by atoms with Crippen LogP contribution in [-0.4, -0.2) is 6.54 Å². The molecule has 0 amide bonds. The molecule has 2 aromatic rings. The van der Waals surface area contributed by atoms with Gasteiger partial charge in [0.1, 0.15) is 11.5 Å². The van der Waals surface area contributed by atoms with E-state index in [1.165, 1.54) is 0 Å². The van der Waals surface area contributed by atoms with Crippen molar-refractivity contribution in [2.45, 2.75) is 20.4 Å². The van der Waals surface area contributed by atoms with Crippen molar-refractivity contribution < 1.29 is 4.42 Å². The first-order chi connectivity index (χ1) is 9.06. The van der Waals surface area contributed by atoms with Gasteiger partial charge in [-0.05, 0) is 42.8 Å². The highest BCUT2D eigenvalue weighted by atomic mass is 79.9. The van der Waals surface area contributed by atoms with E-state index < -0.39 is 0 Å². The van der Waals surface area contributed by atoms with Crippen LogP contribution in [-0.2, 0) is 6.54 Å². The molecule has 0 radical (unpaired) electrons. The average molecular weight is 343 g/mol. The highest BCUT2D eigenvalue weighted by Crippen LogP contribution is 2.31. The lowest BCUT2D eigenvalue weighted by atomic mass is 10.2. The molecule has 4 heteroatoms. The zero-order valence-electron chi connectivity index (χ0n) is 11.0. The summed E-state index contributed by atoms with van der Waals surface area (Å²) in [6, 6.07) is 9.73. The number of hydrogen-bond donors (Lipinski definition) is 1. The monoisotopic (exact) mass is 341 g/mol. The molecule has 1 heterocycles. The Balaban J connectivity index is 2.08. The third-order valence-electron chi connectivity index (χ3n) is 2.71. The van der Waals surface area contributed by atoms with Crippen LogP contribution in [0.1, 0.15) is 19.6 Å². The molecule has 0 aliphatic rings. The maximum absolute atomic E-state index is 6.21. The van der Waals surface area contributed by atoms with Gasteiger partial charge in [0.15, 0.2) is 0 Å². The summed E-state index contributed by atoms with van der Waals surface area (Å²) in [7, 11) is 0. The third-order valence-corrected chi connectivity index (χ3v) is 3.52. The predicted molar refractivity (Wildman–Crippen MR) is 83.4 cm³/mol. The second-order valence-corrected chi connectivity index (χ2v) is 6.24. The van der Waals surface area contributed by atoms with Gasteiger partial charge in [0.05, 0.1) is 11.6 Å². The van der Waals surface area contributed by atoms with E-state index in [9.17, 15) is 0 Å². The maximum atomic E-state index is 6.21. The second-order valence-electron chi connectivity index (χ2n) is 4.91. The van der Waals surface area contributed by atoms with E-state index in [0.29, 0.717) is 10.9 Å². The molecule has 2 rings (SSSR count). The summed E-state index contributed by atoms with van der Waals surface area (Å²) in [5.74, 6) is 2.36. The zero-order valence-corrected chi connectivity index (χ0v) is 13.4. The van der Waals surface area contributed by atoms with E-state index >= 15 is 0 Å². The van der Waals surface area contributed by atoms with Crippen LogP contribution in [0.4, 0.5) is 0 Å². The highest BCUT2D eigenvalue weighted by molar-refractivity contribution is 9.10. The average Bonchev–Trinajstić information content (AvgIpc) is 2.77. The van der Waals surface area contributed by atoms with Crippen LogP contribution in [0.25, 0.3) is 11.3 Å². The molecule has 102 valence electrons. The Morgan fingerprint density at radius 3 is 2.74 bits per heavy atom. The van der Waals surface area contributed by atoms with Crippen LogP contribution in [0.2, 0.25) is 5.02 Å². The van der Waals surface area contributed by atoms with E-state index in [1.54, 1.807) is 0 Å². The lowest BCUT2D eigenvalue weighted by molar-refractivity contribution is 0.472. The fourth-order valence-electron chi connectivity index (χ4n) is 1.79. The first-order valence-electron chi connectivity index (χ1n) is 6.31. The van der Waals surface area contributed by atoms with Crippen LogP contribution >= 0.6 is 27.5 Å². The molecule has 1 N–H and O–H groups in total. The van der Waals surface area contributed by atoms with Crippen molar-refractivity contribution in [2.24, 2.45) is 5.92 Å². The summed E-state index contributed by atoms with van der Waals surface area (Å²) in [6.45, 7) is 6.09. The van der Waals surface area contributed by atoms with Gasteiger partial charge < -0.3 is 9.73 Å². The molecule has 0 aliphatic heterocycles. The van der Waals surface area contributed by atoms with Gasteiger partial charge >= 0.3 is 0 Å². The number of hydrogen-bond acceptors (Lipinski definition) is 2. The molecule has 0 fully saturated rings. The lowest BCUT2D eigenvalue weighted by Gasteiger charge is -2.05. The predicted octanol–water partition coefficient (Wildman–Crippen LogP) is 5.11. The highest BCUT2D eigenvalue weighted by Gasteiger charge is 2.09. The topological polar surface area (TPSA) is 25.2 Å². The summed E-state index contributed by atoms with van der Waals surface area (Å²) in [5, 5.41) is 4.04. The Bertz CT molecular complexity index is 551. The Kier molecular flexibility index (Phi) is 5.08. The van der Waals surface area contributed by atoms with E-state index in [0.717, 1.165) is 34.6 Å². The number of furan rings is 1. The number of halogens is 2. The standard InChI is InChI=1S/C15H17BrClNO/c1-10(2)8-18-9-12-4-6-15(19-12)13-5-3-11(16)7-14(13)17/h3-7,10,18H,8-9H2,1-2H3. The van der Waals surface area contributed by atoms with E-state index in [-0.39, 0.29) is 0 Å². The number of nitrogens with one attached hydrogen (secondary N) is 1. The fraction of sp³-hybridized carbons (Fsp3) is 0.333. The first kappa shape index (κ1) is 14.6. The van der Waals surface area contributed by atoms with E-state index in [4.69, 9.17) is 16.0 Å². The maximum Gasteiger partial charge on any atom is 0.135 e. The smallest absolute Gasteiger partial charge is 0.135 e. The minimum absolute atomic E-state index is 0.635. The van der Waals surface area contributed by atoms with Crippen molar-refractivity contribution in [1.29, 1.82) is 0 Å². The Labute approximate surface area is 127 Å². The molecule has 0 saturated heterocycles. The molecule has 0 bridgehead atoms. The van der Waals surface area contributed by atoms with Crippen molar-refractivity contribution in [2.75, 3.05) is 6.54 Å². The molecule has 2 nitrogen and oxygen atoms in total. The molecule has 0 unspecified atom stereocenters. The van der Waals surface area contributed by atoms with Crippen LogP contribution < -0.4 is 5.32 Å². The fourth-order valence-corrected chi connectivity index (χ4v) is 2.56. The van der Waals surface area contributed by atoms with Crippen LogP contribution in [0.3, 0.4) is 0 Å². The molecule has 0 aliphatic carbocycles. The van der Waals surface area contributed by atoms with Crippen LogP contribution in [0.5, 0.6) is 0 Å². The SMILES string of the molecule is CC(C)CNCc1ccc(-c2ccc(Br)cc2Cl)o1. The molecule has 19 heavy (non-hydrogen) atoms. The van der Waals surface area contributed by atoms with Gasteiger partial charge in [-0.3, -0.25) is 0 Å². The molecule has 1 aromatic heterocycles. The first-order valence-corrected chi connectivity index (χ1v) is 7.48. The number of rotatable bonds is 5. The molecular weight excluding hydrogens is 326 g/mol. The Hall–Kier alpha value is -0.770. The van der Waals surface area contributed by atoms with Crippen LogP contribution in [0, 0.1) is 5.92 Å². The van der Waals surface area contributed by atoms with Crippen molar-refractivity contribution >= 4 is 27.5 Å². The van der Waals surface area contributed by atoms with Gasteiger partial charge in [-0.1, -0.05) is 41.4 Å². The van der Waals surface area contributed by atoms with Crippen molar-refractivity contribution in [3.05, 3.63) is 45.6 Å². The minimum Gasteiger partial charge on any atom is -0.460 e. The minimum atomic E-state index is 0.635. The lowest BCUT2D eigenvalue weighted by Crippen LogP contribution is -2.18. The molecule has 0 atom stereocenters. The molecule has 0 saturated carbocycles. The summed E-state index contributed by atoms with van der Waals surface area (Å²) in [4.78, 5) is 0. The summed E-state index contributed by atoms with van der Waals surface area (Å²) < 4.78 is 6.77. The normalized spacial score (nSPS) is 11.2. The van der Waals surface area contributed by atoms with Gasteiger partial charge in [-0.15, -0.1) is 0 Å². The molecule has 0 spiro atoms. The van der Waals surface area contributed by atoms with Crippen LogP contribution in [0.15, 0.2) is 39.2 Å². The zero-order chi connectivity index (χ0) is 13.8. The van der Waals surface area contributed by atoms with Gasteiger partial charge in [0.25, 0.3) is 0 Å². The molecule has 1 aromatic carbocycles. The molecular formula is C15H17BrClNO. The second kappa shape index (κ2) is 6.60. The van der Waals surface area contributed by atoms with Crippen molar-refractivity contribution in [3.8, 4) is 11.3 Å². The summed E-state index contributed by atoms with van der Waals surface area (Å²) in [5.41, 5.74) is 0.917. The number of benzene rings is 1. The Morgan fingerprint density at radius 2 is 2.05 bits per heavy atom. The van der Waals surface area contributed by atoms with Crippen molar-refractivity contribution in [1.82, 2.24) is 5.32 Å². The largest absolute Gasteiger partial charge is 0.460 e.